The van der Waals surface area contributed by atoms with Crippen LogP contribution in [0.25, 0.3) is 5.65 Å². The van der Waals surface area contributed by atoms with Gasteiger partial charge in [-0.2, -0.15) is 0 Å². The summed E-state index contributed by atoms with van der Waals surface area (Å²) in [5, 5.41) is 19.9. The van der Waals surface area contributed by atoms with Crippen LogP contribution in [0.3, 0.4) is 0 Å². The molecule has 8 nitrogen and oxygen atoms in total. The Morgan fingerprint density at radius 2 is 2.08 bits per heavy atom. The fraction of sp³-hybridized carbons (Fsp3) is 0.278. The van der Waals surface area contributed by atoms with E-state index in [1.54, 1.807) is 24.0 Å². The molecule has 0 unspecified atom stereocenters. The number of nitrogens with zero attached hydrogens (tertiary/aromatic N) is 5. The highest BCUT2D eigenvalue weighted by Crippen LogP contribution is 2.34. The zero-order valence-electron chi connectivity index (χ0n) is 14.2. The number of pyridine rings is 1. The van der Waals surface area contributed by atoms with E-state index in [4.69, 9.17) is 0 Å². The number of nitro benzene ring substituents is 1. The Labute approximate surface area is 149 Å². The monoisotopic (exact) mass is 351 g/mol. The maximum atomic E-state index is 13.1. The lowest BCUT2D eigenvalue weighted by molar-refractivity contribution is -0.385. The quantitative estimate of drug-likeness (QED) is 0.534. The van der Waals surface area contributed by atoms with Gasteiger partial charge in [0.15, 0.2) is 11.5 Å². The topological polar surface area (TPSA) is 93.6 Å². The van der Waals surface area contributed by atoms with Crippen LogP contribution in [0.15, 0.2) is 42.6 Å². The van der Waals surface area contributed by atoms with Gasteiger partial charge in [0.1, 0.15) is 5.56 Å². The maximum Gasteiger partial charge on any atom is 0.285 e. The van der Waals surface area contributed by atoms with Gasteiger partial charge in [0.05, 0.1) is 11.0 Å². The Morgan fingerprint density at radius 3 is 2.88 bits per heavy atom. The van der Waals surface area contributed by atoms with Gasteiger partial charge in [0.2, 0.25) is 0 Å². The van der Waals surface area contributed by atoms with E-state index in [9.17, 15) is 14.9 Å². The van der Waals surface area contributed by atoms with Gasteiger partial charge in [-0.25, -0.2) is 0 Å². The minimum atomic E-state index is -0.486. The lowest BCUT2D eigenvalue weighted by atomic mass is 10.1. The van der Waals surface area contributed by atoms with Crippen molar-refractivity contribution in [2.75, 3.05) is 6.54 Å². The summed E-state index contributed by atoms with van der Waals surface area (Å²) in [5.74, 6) is 0.345. The van der Waals surface area contributed by atoms with Gasteiger partial charge < -0.3 is 4.90 Å². The van der Waals surface area contributed by atoms with Crippen LogP contribution in [-0.4, -0.2) is 36.9 Å². The number of benzene rings is 1. The Balaban J connectivity index is 1.75. The zero-order valence-corrected chi connectivity index (χ0v) is 14.2. The average Bonchev–Trinajstić information content (AvgIpc) is 3.27. The molecule has 26 heavy (non-hydrogen) atoms. The van der Waals surface area contributed by atoms with E-state index in [1.807, 2.05) is 28.8 Å². The summed E-state index contributed by atoms with van der Waals surface area (Å²) in [6.07, 6.45) is 3.43. The predicted molar refractivity (Wildman–Crippen MR) is 93.8 cm³/mol. The molecule has 0 aliphatic carbocycles. The van der Waals surface area contributed by atoms with Crippen molar-refractivity contribution >= 4 is 17.2 Å². The van der Waals surface area contributed by atoms with E-state index in [0.717, 1.165) is 12.8 Å². The van der Waals surface area contributed by atoms with Crippen LogP contribution in [0.5, 0.6) is 0 Å². The molecule has 3 aromatic rings. The second-order valence-electron chi connectivity index (χ2n) is 6.37. The van der Waals surface area contributed by atoms with Gasteiger partial charge in [-0.3, -0.25) is 19.3 Å². The number of rotatable bonds is 3. The van der Waals surface area contributed by atoms with Crippen LogP contribution in [-0.2, 0) is 0 Å². The standard InChI is InChI=1S/C18H17N5O3/c1-12-6-4-7-13(16(12)23(25)26)18(24)21-11-5-8-14(21)17-20-19-15-9-2-3-10-22(15)17/h2-4,6-7,9-10,14H,5,8,11H2,1H3/t14-/m0/s1. The molecule has 3 heterocycles. The van der Waals surface area contributed by atoms with Crippen molar-refractivity contribution in [2.24, 2.45) is 0 Å². The number of fused-ring (bicyclic) bond motifs is 1. The van der Waals surface area contributed by atoms with Crippen LogP contribution in [0.2, 0.25) is 0 Å². The fourth-order valence-corrected chi connectivity index (χ4v) is 3.59. The van der Waals surface area contributed by atoms with Gasteiger partial charge in [0.25, 0.3) is 11.6 Å². The van der Waals surface area contributed by atoms with Gasteiger partial charge in [0, 0.05) is 18.3 Å². The minimum absolute atomic E-state index is 0.121. The van der Waals surface area contributed by atoms with Crippen molar-refractivity contribution in [2.45, 2.75) is 25.8 Å². The van der Waals surface area contributed by atoms with Gasteiger partial charge in [-0.1, -0.05) is 18.2 Å². The molecular formula is C18H17N5O3. The first-order valence-corrected chi connectivity index (χ1v) is 8.42. The molecule has 1 fully saturated rings. The van der Waals surface area contributed by atoms with E-state index in [0.29, 0.717) is 23.6 Å². The van der Waals surface area contributed by atoms with Crippen molar-refractivity contribution in [3.63, 3.8) is 0 Å². The molecule has 0 bridgehead atoms. The minimum Gasteiger partial charge on any atom is -0.328 e. The van der Waals surface area contributed by atoms with Gasteiger partial charge >= 0.3 is 0 Å². The molecule has 0 spiro atoms. The van der Waals surface area contributed by atoms with Crippen molar-refractivity contribution in [3.8, 4) is 0 Å². The number of para-hydroxylation sites is 1. The van der Waals surface area contributed by atoms with E-state index >= 15 is 0 Å². The van der Waals surface area contributed by atoms with Crippen molar-refractivity contribution in [3.05, 3.63) is 69.7 Å². The summed E-state index contributed by atoms with van der Waals surface area (Å²) < 4.78 is 1.86. The lowest BCUT2D eigenvalue weighted by Gasteiger charge is -2.23. The van der Waals surface area contributed by atoms with Crippen molar-refractivity contribution in [1.82, 2.24) is 19.5 Å². The molecule has 0 saturated carbocycles. The second-order valence-corrected chi connectivity index (χ2v) is 6.37. The van der Waals surface area contributed by atoms with Crippen LogP contribution < -0.4 is 0 Å². The number of hydrogen-bond donors (Lipinski definition) is 0. The molecule has 1 aromatic carbocycles. The van der Waals surface area contributed by atoms with E-state index < -0.39 is 4.92 Å². The molecule has 132 valence electrons. The third-order valence-corrected chi connectivity index (χ3v) is 4.80. The lowest BCUT2D eigenvalue weighted by Crippen LogP contribution is -2.32. The van der Waals surface area contributed by atoms with Crippen molar-refractivity contribution in [1.29, 1.82) is 0 Å². The third kappa shape index (κ3) is 2.50. The molecule has 8 heteroatoms. The first kappa shape index (κ1) is 16.2. The Morgan fingerprint density at radius 1 is 1.23 bits per heavy atom. The smallest absolute Gasteiger partial charge is 0.285 e. The Bertz CT molecular complexity index is 1010. The third-order valence-electron chi connectivity index (χ3n) is 4.80. The normalized spacial score (nSPS) is 17.0. The molecule has 0 N–H and O–H groups in total. The first-order valence-electron chi connectivity index (χ1n) is 8.42. The van der Waals surface area contributed by atoms with E-state index in [1.165, 1.54) is 6.07 Å². The summed E-state index contributed by atoms with van der Waals surface area (Å²) >= 11 is 0. The van der Waals surface area contributed by atoms with Crippen LogP contribution in [0, 0.1) is 17.0 Å². The number of carbonyl (C=O) groups excluding carboxylic acids is 1. The number of likely N-dealkylation sites (tertiary alicyclic amines) is 1. The fourth-order valence-electron chi connectivity index (χ4n) is 3.59. The summed E-state index contributed by atoms with van der Waals surface area (Å²) in [5.41, 5.74) is 1.18. The highest BCUT2D eigenvalue weighted by Gasteiger charge is 2.36. The highest BCUT2D eigenvalue weighted by atomic mass is 16.6. The number of carbonyl (C=O) groups is 1. The molecule has 1 aliphatic heterocycles. The average molecular weight is 351 g/mol. The summed E-state index contributed by atoms with van der Waals surface area (Å²) in [7, 11) is 0. The second kappa shape index (κ2) is 6.21. The zero-order chi connectivity index (χ0) is 18.3. The molecule has 4 rings (SSSR count). The number of aryl methyl sites for hydroxylation is 1. The largest absolute Gasteiger partial charge is 0.328 e. The Kier molecular flexibility index (Phi) is 3.87. The summed E-state index contributed by atoms with van der Waals surface area (Å²) in [6.45, 7) is 2.18. The maximum absolute atomic E-state index is 13.1. The SMILES string of the molecule is Cc1cccc(C(=O)N2CCC[C@H]2c2nnc3ccccn23)c1[N+](=O)[O-]. The Hall–Kier alpha value is -3.29. The summed E-state index contributed by atoms with van der Waals surface area (Å²) in [4.78, 5) is 25.8. The van der Waals surface area contributed by atoms with Crippen molar-refractivity contribution < 1.29 is 9.72 Å². The molecule has 1 saturated heterocycles. The molecular weight excluding hydrogens is 334 g/mol. The van der Waals surface area contributed by atoms with Crippen LogP contribution in [0.1, 0.15) is 40.6 Å². The van der Waals surface area contributed by atoms with Crippen LogP contribution in [0.4, 0.5) is 5.69 Å². The molecule has 1 atom stereocenters. The number of hydrogen-bond acceptors (Lipinski definition) is 5. The molecule has 1 amide bonds. The van der Waals surface area contributed by atoms with Crippen LogP contribution >= 0.6 is 0 Å². The highest BCUT2D eigenvalue weighted by molar-refractivity contribution is 5.99. The van der Waals surface area contributed by atoms with Gasteiger partial charge in [-0.05, 0) is 38.0 Å². The number of nitro groups is 1. The number of amides is 1. The molecule has 1 aliphatic rings. The number of aromatic nitrogens is 3. The first-order chi connectivity index (χ1) is 12.6. The van der Waals surface area contributed by atoms with E-state index in [-0.39, 0.29) is 23.2 Å². The van der Waals surface area contributed by atoms with E-state index in [2.05, 4.69) is 10.2 Å². The predicted octanol–water partition coefficient (Wildman–Crippen LogP) is 2.92. The molecule has 2 aromatic heterocycles. The molecule has 0 radical (unpaired) electrons. The van der Waals surface area contributed by atoms with Gasteiger partial charge in [-0.15, -0.1) is 10.2 Å². The summed E-state index contributed by atoms with van der Waals surface area (Å²) in [6, 6.07) is 10.2.